The summed E-state index contributed by atoms with van der Waals surface area (Å²) in [6, 6.07) is 7.70. The molecule has 0 spiro atoms. The summed E-state index contributed by atoms with van der Waals surface area (Å²) in [6.07, 6.45) is 3.57. The predicted molar refractivity (Wildman–Crippen MR) is 114 cm³/mol. The minimum Gasteiger partial charge on any atom is -0.444 e. The Kier molecular flexibility index (Phi) is 6.67. The molecule has 1 aromatic rings. The predicted octanol–water partition coefficient (Wildman–Crippen LogP) is 2.80. The van der Waals surface area contributed by atoms with Crippen LogP contribution in [0.5, 0.6) is 0 Å². The van der Waals surface area contributed by atoms with Crippen molar-refractivity contribution in [3.05, 3.63) is 29.8 Å². The monoisotopic (exact) mass is 402 g/mol. The quantitative estimate of drug-likeness (QED) is 0.697. The van der Waals surface area contributed by atoms with Crippen LogP contribution in [0, 0.1) is 0 Å². The van der Waals surface area contributed by atoms with Gasteiger partial charge in [0.2, 0.25) is 5.91 Å². The van der Waals surface area contributed by atoms with E-state index >= 15 is 0 Å². The van der Waals surface area contributed by atoms with E-state index in [2.05, 4.69) is 22.3 Å². The molecule has 1 fully saturated rings. The number of ether oxygens (including phenoxy) is 1. The highest BCUT2D eigenvalue weighted by Gasteiger charge is 2.36. The van der Waals surface area contributed by atoms with Crippen LogP contribution in [0.25, 0.3) is 0 Å². The molecular formula is C22H34N4O3. The largest absolute Gasteiger partial charge is 0.444 e. The molecule has 1 aromatic carbocycles. The fourth-order valence-corrected chi connectivity index (χ4v) is 3.90. The van der Waals surface area contributed by atoms with Gasteiger partial charge in [-0.1, -0.05) is 25.0 Å². The normalized spacial score (nSPS) is 23.8. The molecule has 2 heterocycles. The van der Waals surface area contributed by atoms with Gasteiger partial charge in [0.1, 0.15) is 11.6 Å². The van der Waals surface area contributed by atoms with E-state index in [9.17, 15) is 9.59 Å². The molecule has 160 valence electrons. The summed E-state index contributed by atoms with van der Waals surface area (Å²) in [5, 5.41) is 3.06. The Labute approximate surface area is 173 Å². The number of benzene rings is 1. The van der Waals surface area contributed by atoms with Crippen LogP contribution in [0.15, 0.2) is 24.3 Å². The van der Waals surface area contributed by atoms with Gasteiger partial charge in [0, 0.05) is 31.4 Å². The van der Waals surface area contributed by atoms with E-state index in [1.165, 1.54) is 0 Å². The van der Waals surface area contributed by atoms with Crippen molar-refractivity contribution >= 4 is 17.7 Å². The molecule has 0 aliphatic carbocycles. The lowest BCUT2D eigenvalue weighted by molar-refractivity contribution is -0.123. The third-order valence-corrected chi connectivity index (χ3v) is 5.46. The second kappa shape index (κ2) is 9.03. The maximum Gasteiger partial charge on any atom is 0.410 e. The highest BCUT2D eigenvalue weighted by molar-refractivity contribution is 5.86. The van der Waals surface area contributed by atoms with E-state index < -0.39 is 11.6 Å². The van der Waals surface area contributed by atoms with Gasteiger partial charge in [-0.3, -0.25) is 4.79 Å². The minimum absolute atomic E-state index is 0.000802. The van der Waals surface area contributed by atoms with Crippen molar-refractivity contribution in [2.45, 2.75) is 64.1 Å². The van der Waals surface area contributed by atoms with Crippen molar-refractivity contribution in [3.63, 3.8) is 0 Å². The van der Waals surface area contributed by atoms with Crippen LogP contribution in [0.4, 0.5) is 10.5 Å². The number of rotatable bonds is 0. The zero-order valence-corrected chi connectivity index (χ0v) is 17.8. The first-order valence-electron chi connectivity index (χ1n) is 10.6. The average Bonchev–Trinajstić information content (AvgIpc) is 2.68. The van der Waals surface area contributed by atoms with Gasteiger partial charge in [0.05, 0.1) is 6.54 Å². The molecule has 1 saturated heterocycles. The minimum atomic E-state index is -0.564. The Morgan fingerprint density at radius 3 is 2.76 bits per heavy atom. The lowest BCUT2D eigenvalue weighted by Gasteiger charge is -2.42. The number of fused-ring (bicyclic) bond motifs is 4. The van der Waals surface area contributed by atoms with Gasteiger partial charge in [-0.05, 0) is 51.3 Å². The van der Waals surface area contributed by atoms with Crippen LogP contribution in [0.1, 0.15) is 58.1 Å². The summed E-state index contributed by atoms with van der Waals surface area (Å²) in [5.41, 5.74) is 7.91. The summed E-state index contributed by atoms with van der Waals surface area (Å²) in [6.45, 7) is 7.56. The van der Waals surface area contributed by atoms with Crippen molar-refractivity contribution in [1.82, 2.24) is 10.2 Å². The molecule has 2 atom stereocenters. The number of anilines is 1. The molecule has 0 radical (unpaired) electrons. The summed E-state index contributed by atoms with van der Waals surface area (Å²) >= 11 is 0. The first-order chi connectivity index (χ1) is 13.7. The number of hydrogen-bond acceptors (Lipinski definition) is 5. The number of nitrogens with one attached hydrogen (secondary N) is 1. The summed E-state index contributed by atoms with van der Waals surface area (Å²) in [5.74, 6) is -0.0489. The number of amides is 2. The lowest BCUT2D eigenvalue weighted by atomic mass is 10.00. The van der Waals surface area contributed by atoms with Gasteiger partial charge in [0.25, 0.3) is 0 Å². The molecule has 2 aliphatic heterocycles. The van der Waals surface area contributed by atoms with Crippen molar-refractivity contribution in [1.29, 1.82) is 0 Å². The molecule has 7 nitrogen and oxygen atoms in total. The maximum absolute atomic E-state index is 13.0. The van der Waals surface area contributed by atoms with Crippen LogP contribution in [0.2, 0.25) is 0 Å². The third-order valence-electron chi connectivity index (χ3n) is 5.46. The van der Waals surface area contributed by atoms with E-state index in [-0.39, 0.29) is 18.0 Å². The molecule has 7 heteroatoms. The highest BCUT2D eigenvalue weighted by Crippen LogP contribution is 2.27. The molecular weight excluding hydrogens is 368 g/mol. The van der Waals surface area contributed by atoms with Crippen LogP contribution >= 0.6 is 0 Å². The van der Waals surface area contributed by atoms with E-state index in [4.69, 9.17) is 10.5 Å². The number of hydrogen-bond donors (Lipinski definition) is 2. The molecule has 0 saturated carbocycles. The first kappa shape index (κ1) is 21.4. The third kappa shape index (κ3) is 5.63. The van der Waals surface area contributed by atoms with E-state index in [1.807, 2.05) is 32.9 Å². The molecule has 0 aromatic heterocycles. The van der Waals surface area contributed by atoms with Gasteiger partial charge in [-0.25, -0.2) is 4.79 Å². The van der Waals surface area contributed by atoms with Gasteiger partial charge < -0.3 is 25.6 Å². The van der Waals surface area contributed by atoms with E-state index in [0.29, 0.717) is 26.2 Å². The van der Waals surface area contributed by atoms with Gasteiger partial charge >= 0.3 is 6.09 Å². The van der Waals surface area contributed by atoms with Gasteiger partial charge in [-0.2, -0.15) is 0 Å². The molecule has 3 rings (SSSR count). The van der Waals surface area contributed by atoms with Crippen LogP contribution in [-0.4, -0.2) is 54.7 Å². The number of nitrogens with two attached hydrogens (primary N) is 1. The Morgan fingerprint density at radius 1 is 1.21 bits per heavy atom. The Balaban J connectivity index is 1.85. The summed E-state index contributed by atoms with van der Waals surface area (Å²) in [7, 11) is 0. The Morgan fingerprint density at radius 2 is 2.00 bits per heavy atom. The zero-order valence-electron chi connectivity index (χ0n) is 17.8. The number of carbonyl (C=O) groups excluding carboxylic acids is 2. The topological polar surface area (TPSA) is 87.9 Å². The molecule has 3 N–H and O–H groups in total. The number of nitrogens with zero attached hydrogens (tertiary/aromatic N) is 2. The Hall–Kier alpha value is -2.28. The van der Waals surface area contributed by atoms with Crippen molar-refractivity contribution < 1.29 is 14.3 Å². The number of piperazine rings is 1. The second-order valence-corrected chi connectivity index (χ2v) is 8.98. The molecule has 2 bridgehead atoms. The smallest absolute Gasteiger partial charge is 0.410 e. The number of carbonyl (C=O) groups is 2. The van der Waals surface area contributed by atoms with Gasteiger partial charge in [0.15, 0.2) is 0 Å². The molecule has 2 amide bonds. The summed E-state index contributed by atoms with van der Waals surface area (Å²) in [4.78, 5) is 29.3. The summed E-state index contributed by atoms with van der Waals surface area (Å²) < 4.78 is 5.52. The van der Waals surface area contributed by atoms with Crippen LogP contribution in [-0.2, 0) is 9.53 Å². The fraction of sp³-hybridized carbons (Fsp3) is 0.636. The fourth-order valence-electron chi connectivity index (χ4n) is 3.90. The van der Waals surface area contributed by atoms with Crippen molar-refractivity contribution in [3.8, 4) is 0 Å². The van der Waals surface area contributed by atoms with E-state index in [0.717, 1.165) is 36.9 Å². The lowest BCUT2D eigenvalue weighted by Crippen LogP contribution is -2.60. The van der Waals surface area contributed by atoms with Crippen LogP contribution in [0.3, 0.4) is 0 Å². The van der Waals surface area contributed by atoms with E-state index in [1.54, 1.807) is 4.90 Å². The SMILES string of the molecule is CC(C)(C)OC(=O)N1CCN2c3cccc(c3)[C@@H](N)CCCCCNC(=O)[C@@H]2C1. The van der Waals surface area contributed by atoms with Gasteiger partial charge in [-0.15, -0.1) is 0 Å². The standard InChI is InChI=1S/C22H34N4O3/c1-22(2,3)29-21(28)25-12-13-26-17-9-7-8-16(14-17)18(23)10-5-4-6-11-24-20(27)19(26)15-25/h7-9,14,18-19H,4-6,10-13,15,23H2,1-3H3,(H,24,27)/t18-,19-/m0/s1. The molecule has 0 unspecified atom stereocenters. The maximum atomic E-state index is 13.0. The molecule has 29 heavy (non-hydrogen) atoms. The highest BCUT2D eigenvalue weighted by atomic mass is 16.6. The molecule has 2 aliphatic rings. The Bertz CT molecular complexity index is 731. The zero-order chi connectivity index (χ0) is 21.0. The van der Waals surface area contributed by atoms with Crippen molar-refractivity contribution in [2.24, 2.45) is 5.73 Å². The first-order valence-corrected chi connectivity index (χ1v) is 10.6. The average molecular weight is 403 g/mol. The van der Waals surface area contributed by atoms with Crippen molar-refractivity contribution in [2.75, 3.05) is 31.1 Å². The van der Waals surface area contributed by atoms with Crippen LogP contribution < -0.4 is 16.0 Å². The second-order valence-electron chi connectivity index (χ2n) is 8.98.